The monoisotopic (exact) mass is 313 g/mol. The molecule has 0 aliphatic carbocycles. The molecule has 1 heterocycles. The Kier molecular flexibility index (Phi) is 4.24. The van der Waals surface area contributed by atoms with Gasteiger partial charge in [-0.2, -0.15) is 0 Å². The van der Waals surface area contributed by atoms with Crippen LogP contribution in [0, 0.1) is 11.6 Å². The van der Waals surface area contributed by atoms with Crippen LogP contribution in [0.3, 0.4) is 0 Å². The Labute approximate surface area is 133 Å². The first-order valence-corrected chi connectivity index (χ1v) is 7.69. The molecule has 0 amide bonds. The average molecular weight is 313 g/mol. The topological polar surface area (TPSA) is 32.9 Å². The predicted octanol–water partition coefficient (Wildman–Crippen LogP) is 5.27. The van der Waals surface area contributed by atoms with Crippen LogP contribution in [0.1, 0.15) is 35.7 Å². The first kappa shape index (κ1) is 15.4. The predicted molar refractivity (Wildman–Crippen MR) is 87.7 cm³/mol. The van der Waals surface area contributed by atoms with Crippen LogP contribution >= 0.6 is 0 Å². The number of halogens is 2. The third-order valence-corrected chi connectivity index (χ3v) is 4.05. The summed E-state index contributed by atoms with van der Waals surface area (Å²) in [6, 6.07) is 9.58. The van der Waals surface area contributed by atoms with E-state index in [1.54, 1.807) is 0 Å². The molecule has 0 saturated carbocycles. The van der Waals surface area contributed by atoms with Gasteiger partial charge in [-0.05, 0) is 48.7 Å². The summed E-state index contributed by atoms with van der Waals surface area (Å²) in [6.45, 7) is 2.13. The first-order valence-electron chi connectivity index (χ1n) is 7.69. The number of hydrogen-bond acceptors (Lipinski definition) is 1. The van der Waals surface area contributed by atoms with Gasteiger partial charge in [-0.1, -0.05) is 19.4 Å². The largest absolute Gasteiger partial charge is 0.354 e. The van der Waals surface area contributed by atoms with Gasteiger partial charge in [-0.15, -0.1) is 0 Å². The van der Waals surface area contributed by atoms with E-state index in [2.05, 4.69) is 11.9 Å². The van der Waals surface area contributed by atoms with Gasteiger partial charge in [0.05, 0.1) is 5.69 Å². The number of hydrogen-bond donors (Lipinski definition) is 1. The third-order valence-electron chi connectivity index (χ3n) is 4.05. The van der Waals surface area contributed by atoms with Gasteiger partial charge in [0.2, 0.25) is 0 Å². The summed E-state index contributed by atoms with van der Waals surface area (Å²) < 4.78 is 26.6. The zero-order valence-electron chi connectivity index (χ0n) is 12.8. The summed E-state index contributed by atoms with van der Waals surface area (Å²) in [4.78, 5) is 14.7. The lowest BCUT2D eigenvalue weighted by atomic mass is 10.0. The maximum Gasteiger partial charge on any atom is 0.159 e. The van der Waals surface area contributed by atoms with Crippen LogP contribution < -0.4 is 0 Å². The summed E-state index contributed by atoms with van der Waals surface area (Å²) >= 11 is 0. The lowest BCUT2D eigenvalue weighted by Gasteiger charge is -2.01. The molecule has 4 heteroatoms. The zero-order chi connectivity index (χ0) is 16.4. The number of nitrogens with one attached hydrogen (secondary N) is 1. The van der Waals surface area contributed by atoms with Crippen molar-refractivity contribution < 1.29 is 13.6 Å². The quantitative estimate of drug-likeness (QED) is 0.640. The van der Waals surface area contributed by atoms with Crippen LogP contribution in [0.25, 0.3) is 22.2 Å². The SMILES string of the molecule is CCCCc1ccc2[nH]c(-c3ccc(F)c(F)c3)c(C=O)c2c1. The van der Waals surface area contributed by atoms with Crippen molar-refractivity contribution in [3.05, 3.63) is 59.2 Å². The molecule has 3 rings (SSSR count). The Morgan fingerprint density at radius 1 is 1.09 bits per heavy atom. The summed E-state index contributed by atoms with van der Waals surface area (Å²) in [7, 11) is 0. The van der Waals surface area contributed by atoms with E-state index in [1.165, 1.54) is 11.6 Å². The number of aryl methyl sites for hydroxylation is 1. The van der Waals surface area contributed by atoms with Crippen molar-refractivity contribution >= 4 is 17.2 Å². The second-order valence-corrected chi connectivity index (χ2v) is 5.64. The molecule has 2 nitrogen and oxygen atoms in total. The van der Waals surface area contributed by atoms with Crippen molar-refractivity contribution in [1.82, 2.24) is 4.98 Å². The molecule has 0 aliphatic rings. The molecule has 118 valence electrons. The average Bonchev–Trinajstić information content (AvgIpc) is 2.93. The van der Waals surface area contributed by atoms with Gasteiger partial charge in [0, 0.05) is 22.0 Å². The molecule has 0 bridgehead atoms. The highest BCUT2D eigenvalue weighted by molar-refractivity contribution is 6.04. The second kappa shape index (κ2) is 6.32. The number of rotatable bonds is 5. The summed E-state index contributed by atoms with van der Waals surface area (Å²) in [5.74, 6) is -1.83. The highest BCUT2D eigenvalue weighted by Gasteiger charge is 2.14. The molecule has 2 aromatic carbocycles. The number of fused-ring (bicyclic) bond motifs is 1. The minimum absolute atomic E-state index is 0.456. The summed E-state index contributed by atoms with van der Waals surface area (Å²) in [5.41, 5.74) is 3.42. The van der Waals surface area contributed by atoms with E-state index in [-0.39, 0.29) is 0 Å². The molecular formula is C19H17F2NO. The Hall–Kier alpha value is -2.49. The van der Waals surface area contributed by atoms with E-state index in [9.17, 15) is 13.6 Å². The summed E-state index contributed by atoms with van der Waals surface area (Å²) in [6.07, 6.45) is 3.91. The minimum atomic E-state index is -0.929. The van der Waals surface area contributed by atoms with Gasteiger partial charge in [0.15, 0.2) is 17.9 Å². The Balaban J connectivity index is 2.13. The van der Waals surface area contributed by atoms with Crippen LogP contribution in [0.5, 0.6) is 0 Å². The Morgan fingerprint density at radius 3 is 2.61 bits per heavy atom. The van der Waals surface area contributed by atoms with E-state index in [0.29, 0.717) is 16.8 Å². The number of H-pyrrole nitrogens is 1. The number of carbonyl (C=O) groups is 1. The van der Waals surface area contributed by atoms with E-state index < -0.39 is 11.6 Å². The van der Waals surface area contributed by atoms with E-state index >= 15 is 0 Å². The molecule has 0 unspecified atom stereocenters. The number of carbonyl (C=O) groups excluding carboxylic acids is 1. The van der Waals surface area contributed by atoms with Crippen molar-refractivity contribution in [1.29, 1.82) is 0 Å². The van der Waals surface area contributed by atoms with Gasteiger partial charge in [-0.3, -0.25) is 4.79 Å². The van der Waals surface area contributed by atoms with Crippen LogP contribution in [0.2, 0.25) is 0 Å². The molecule has 0 fully saturated rings. The fourth-order valence-corrected chi connectivity index (χ4v) is 2.80. The fourth-order valence-electron chi connectivity index (χ4n) is 2.80. The molecule has 3 aromatic rings. The Morgan fingerprint density at radius 2 is 1.91 bits per heavy atom. The number of benzene rings is 2. The third kappa shape index (κ3) is 2.89. The Bertz CT molecular complexity index is 867. The summed E-state index contributed by atoms with van der Waals surface area (Å²) in [5, 5.41) is 0.813. The van der Waals surface area contributed by atoms with Crippen LogP contribution in [-0.2, 0) is 6.42 Å². The van der Waals surface area contributed by atoms with Crippen LogP contribution in [-0.4, -0.2) is 11.3 Å². The van der Waals surface area contributed by atoms with Gasteiger partial charge in [0.25, 0.3) is 0 Å². The molecule has 23 heavy (non-hydrogen) atoms. The van der Waals surface area contributed by atoms with Crippen molar-refractivity contribution in [2.24, 2.45) is 0 Å². The van der Waals surface area contributed by atoms with Crippen molar-refractivity contribution in [2.75, 3.05) is 0 Å². The molecule has 0 saturated heterocycles. The van der Waals surface area contributed by atoms with E-state index in [1.807, 2.05) is 18.2 Å². The number of aromatic nitrogens is 1. The molecule has 0 aliphatic heterocycles. The second-order valence-electron chi connectivity index (χ2n) is 5.64. The van der Waals surface area contributed by atoms with Gasteiger partial charge < -0.3 is 4.98 Å². The van der Waals surface area contributed by atoms with Crippen molar-refractivity contribution in [3.8, 4) is 11.3 Å². The molecule has 1 aromatic heterocycles. The molecule has 0 radical (unpaired) electrons. The van der Waals surface area contributed by atoms with Crippen LogP contribution in [0.15, 0.2) is 36.4 Å². The van der Waals surface area contributed by atoms with E-state index in [4.69, 9.17) is 0 Å². The van der Waals surface area contributed by atoms with Gasteiger partial charge >= 0.3 is 0 Å². The maximum atomic E-state index is 13.5. The molecule has 1 N–H and O–H groups in total. The highest BCUT2D eigenvalue weighted by atomic mass is 19.2. The van der Waals surface area contributed by atoms with E-state index in [0.717, 1.165) is 48.6 Å². The maximum absolute atomic E-state index is 13.5. The highest BCUT2D eigenvalue weighted by Crippen LogP contribution is 2.30. The molecule has 0 spiro atoms. The van der Waals surface area contributed by atoms with Gasteiger partial charge in [0.1, 0.15) is 0 Å². The fraction of sp³-hybridized carbons (Fsp3) is 0.211. The lowest BCUT2D eigenvalue weighted by molar-refractivity contribution is 0.112. The van der Waals surface area contributed by atoms with Crippen molar-refractivity contribution in [2.45, 2.75) is 26.2 Å². The molecule has 0 atom stereocenters. The lowest BCUT2D eigenvalue weighted by Crippen LogP contribution is -1.89. The minimum Gasteiger partial charge on any atom is -0.354 e. The number of unbranched alkanes of at least 4 members (excludes halogenated alkanes) is 1. The number of aromatic amines is 1. The van der Waals surface area contributed by atoms with Crippen molar-refractivity contribution in [3.63, 3.8) is 0 Å². The smallest absolute Gasteiger partial charge is 0.159 e. The number of aldehydes is 1. The molecular weight excluding hydrogens is 296 g/mol. The zero-order valence-corrected chi connectivity index (χ0v) is 12.8. The van der Waals surface area contributed by atoms with Crippen LogP contribution in [0.4, 0.5) is 8.78 Å². The first-order chi connectivity index (χ1) is 11.1. The standard InChI is InChI=1S/C19H17F2NO/c1-2-3-4-12-5-8-18-14(9-12)15(11-23)19(22-18)13-6-7-16(20)17(21)10-13/h5-11,22H,2-4H2,1H3. The van der Waals surface area contributed by atoms with Gasteiger partial charge in [-0.25, -0.2) is 8.78 Å². The normalized spacial score (nSPS) is 11.1.